The fourth-order valence-electron chi connectivity index (χ4n) is 4.75. The van der Waals surface area contributed by atoms with Gasteiger partial charge in [-0.15, -0.1) is 0 Å². The molecule has 0 bridgehead atoms. The Morgan fingerprint density at radius 1 is 0.884 bits per heavy atom. The average Bonchev–Trinajstić information content (AvgIpc) is 3.29. The monoisotopic (exact) mass is 587 g/mol. The van der Waals surface area contributed by atoms with Crippen LogP contribution in [0.25, 0.3) is 0 Å². The number of amides is 1. The minimum absolute atomic E-state index is 0.0296. The van der Waals surface area contributed by atoms with E-state index in [1.54, 1.807) is 60.7 Å². The predicted octanol–water partition coefficient (Wildman–Crippen LogP) is 4.74. The first-order valence-corrected chi connectivity index (χ1v) is 14.4. The van der Waals surface area contributed by atoms with Gasteiger partial charge in [-0.2, -0.15) is 0 Å². The van der Waals surface area contributed by atoms with E-state index in [9.17, 15) is 24.6 Å². The third-order valence-corrected chi connectivity index (χ3v) is 6.97. The van der Waals surface area contributed by atoms with Crippen LogP contribution in [0.1, 0.15) is 42.5 Å². The second-order valence-electron chi connectivity index (χ2n) is 10.3. The second kappa shape index (κ2) is 16.4. The van der Waals surface area contributed by atoms with Gasteiger partial charge in [-0.25, -0.2) is 0 Å². The van der Waals surface area contributed by atoms with Crippen molar-refractivity contribution in [3.05, 3.63) is 103 Å². The number of allylic oxidation sites excluding steroid dienone is 2. The largest absolute Gasteiger partial charge is 0.491 e. The number of hydrogen-bond acceptors (Lipinski definition) is 8. The lowest BCUT2D eigenvalue weighted by Gasteiger charge is -2.23. The molecule has 1 aliphatic rings. The van der Waals surface area contributed by atoms with Crippen LogP contribution in [-0.2, 0) is 14.3 Å². The number of ketones is 1. The number of hydrogen-bond donors (Lipinski definition) is 3. The molecule has 1 amide bonds. The molecule has 1 fully saturated rings. The topological polar surface area (TPSA) is 131 Å². The number of carbonyl (C=O) groups is 3. The Balaban J connectivity index is 1.12. The molecule has 3 N–H and O–H groups in total. The fourth-order valence-corrected chi connectivity index (χ4v) is 4.75. The lowest BCUT2D eigenvalue weighted by Crippen LogP contribution is -2.34. The highest BCUT2D eigenvalue weighted by molar-refractivity contribution is 6.04. The van der Waals surface area contributed by atoms with Crippen LogP contribution < -0.4 is 14.8 Å². The van der Waals surface area contributed by atoms with Crippen molar-refractivity contribution in [2.24, 2.45) is 5.92 Å². The molecule has 0 spiro atoms. The first kappa shape index (κ1) is 31.6. The third kappa shape index (κ3) is 10.2. The van der Waals surface area contributed by atoms with Crippen LogP contribution in [0.5, 0.6) is 11.5 Å². The lowest BCUT2D eigenvalue weighted by molar-refractivity contribution is -0.134. The molecule has 1 aliphatic carbocycles. The van der Waals surface area contributed by atoms with Crippen molar-refractivity contribution in [3.8, 4) is 11.5 Å². The third-order valence-electron chi connectivity index (χ3n) is 6.97. The predicted molar refractivity (Wildman–Crippen MR) is 161 cm³/mol. The van der Waals surface area contributed by atoms with Crippen LogP contribution in [0.4, 0.5) is 5.69 Å². The van der Waals surface area contributed by atoms with Gasteiger partial charge in [0.25, 0.3) is 5.91 Å². The molecule has 0 aromatic heterocycles. The van der Waals surface area contributed by atoms with Gasteiger partial charge in [-0.3, -0.25) is 14.4 Å². The molecule has 1 saturated carbocycles. The van der Waals surface area contributed by atoms with Crippen LogP contribution in [0, 0.1) is 5.92 Å². The molecule has 9 heteroatoms. The number of aliphatic hydroxyl groups excluding tert-OH is 2. The van der Waals surface area contributed by atoms with E-state index >= 15 is 0 Å². The van der Waals surface area contributed by atoms with Gasteiger partial charge in [-0.05, 0) is 67.8 Å². The molecule has 43 heavy (non-hydrogen) atoms. The van der Waals surface area contributed by atoms with Crippen molar-refractivity contribution in [2.45, 2.75) is 50.4 Å². The van der Waals surface area contributed by atoms with E-state index in [-0.39, 0.29) is 43.7 Å². The van der Waals surface area contributed by atoms with Crippen molar-refractivity contribution in [3.63, 3.8) is 0 Å². The number of para-hydroxylation sites is 1. The van der Waals surface area contributed by atoms with Gasteiger partial charge in [0, 0.05) is 30.0 Å². The number of rotatable bonds is 15. The Morgan fingerprint density at radius 2 is 1.56 bits per heavy atom. The molecular weight excluding hydrogens is 550 g/mol. The standard InChI is InChI=1S/C34H37NO8/c36-26(22-41-27-13-7-4-8-14-27)23-42-33-29(30(37)21-31(33)38)15-9-1-2-10-16-32(39)43-28-19-17-25(18-20-28)35-34(40)24-11-5-3-6-12-24/h1-8,11-14,17-20,26,29,31,33,36,38H,9-10,15-16,21-23H2,(H,35,40)/b2-1-/t26?,29-,31-,33-/m0/s1. The minimum Gasteiger partial charge on any atom is -0.491 e. The first-order valence-electron chi connectivity index (χ1n) is 14.4. The Bertz CT molecular complexity index is 1340. The molecule has 0 saturated heterocycles. The smallest absolute Gasteiger partial charge is 0.311 e. The highest BCUT2D eigenvalue weighted by Crippen LogP contribution is 2.30. The van der Waals surface area contributed by atoms with E-state index in [1.165, 1.54) is 0 Å². The summed E-state index contributed by atoms with van der Waals surface area (Å²) in [4.78, 5) is 36.9. The zero-order valence-electron chi connectivity index (χ0n) is 23.8. The quantitative estimate of drug-likeness (QED) is 0.132. The SMILES string of the molecule is O=C(CC/C=C\CC[C@H]1C(=O)C[C@H](O)[C@H]1OCC(O)COc1ccccc1)Oc1ccc(NC(=O)c2ccccc2)cc1. The van der Waals surface area contributed by atoms with Gasteiger partial charge in [-0.1, -0.05) is 48.6 Å². The fraction of sp³-hybridized carbons (Fsp3) is 0.324. The zero-order valence-corrected chi connectivity index (χ0v) is 23.8. The number of ether oxygens (including phenoxy) is 3. The molecular formula is C34H37NO8. The van der Waals surface area contributed by atoms with Crippen LogP contribution in [-0.4, -0.2) is 59.4 Å². The number of aliphatic hydroxyl groups is 2. The molecule has 1 unspecified atom stereocenters. The highest BCUT2D eigenvalue weighted by Gasteiger charge is 2.42. The summed E-state index contributed by atoms with van der Waals surface area (Å²) >= 11 is 0. The van der Waals surface area contributed by atoms with Gasteiger partial charge in [0.1, 0.15) is 30.0 Å². The number of carbonyl (C=O) groups excluding carboxylic acids is 3. The van der Waals surface area contributed by atoms with E-state index in [0.29, 0.717) is 42.0 Å². The molecule has 226 valence electrons. The summed E-state index contributed by atoms with van der Waals surface area (Å²) < 4.78 is 16.7. The Hall–Kier alpha value is -4.31. The molecule has 4 rings (SSSR count). The molecule has 0 heterocycles. The normalized spacial score (nSPS) is 18.8. The zero-order chi connectivity index (χ0) is 30.4. The van der Waals surface area contributed by atoms with E-state index in [1.807, 2.05) is 36.4 Å². The van der Waals surface area contributed by atoms with Gasteiger partial charge in [0.2, 0.25) is 0 Å². The Kier molecular flexibility index (Phi) is 12.0. The van der Waals surface area contributed by atoms with E-state index in [0.717, 1.165) is 0 Å². The molecule has 9 nitrogen and oxygen atoms in total. The van der Waals surface area contributed by atoms with Gasteiger partial charge < -0.3 is 29.7 Å². The van der Waals surface area contributed by atoms with Crippen molar-refractivity contribution in [1.29, 1.82) is 0 Å². The number of benzene rings is 3. The molecule has 3 aromatic rings. The van der Waals surface area contributed by atoms with E-state index in [2.05, 4.69) is 5.32 Å². The summed E-state index contributed by atoms with van der Waals surface area (Å²) in [5.74, 6) is -0.119. The van der Waals surface area contributed by atoms with Gasteiger partial charge in [0.05, 0.1) is 18.8 Å². The second-order valence-corrected chi connectivity index (χ2v) is 10.3. The summed E-state index contributed by atoms with van der Waals surface area (Å²) in [6.45, 7) is -0.0176. The highest BCUT2D eigenvalue weighted by atomic mass is 16.5. The maximum atomic E-state index is 12.4. The maximum absolute atomic E-state index is 12.4. The Morgan fingerprint density at radius 3 is 2.28 bits per heavy atom. The van der Waals surface area contributed by atoms with Gasteiger partial charge in [0.15, 0.2) is 0 Å². The van der Waals surface area contributed by atoms with Crippen molar-refractivity contribution in [2.75, 3.05) is 18.5 Å². The lowest BCUT2D eigenvalue weighted by atomic mass is 9.98. The van der Waals surface area contributed by atoms with E-state index < -0.39 is 24.2 Å². The van der Waals surface area contributed by atoms with Crippen LogP contribution in [0.2, 0.25) is 0 Å². The first-order chi connectivity index (χ1) is 20.9. The van der Waals surface area contributed by atoms with Crippen molar-refractivity contribution >= 4 is 23.3 Å². The number of esters is 1. The minimum atomic E-state index is -0.910. The summed E-state index contributed by atoms with van der Waals surface area (Å²) in [5.41, 5.74) is 1.14. The van der Waals surface area contributed by atoms with Crippen LogP contribution >= 0.6 is 0 Å². The average molecular weight is 588 g/mol. The van der Waals surface area contributed by atoms with Gasteiger partial charge >= 0.3 is 5.97 Å². The van der Waals surface area contributed by atoms with Crippen LogP contribution in [0.15, 0.2) is 97.1 Å². The summed E-state index contributed by atoms with van der Waals surface area (Å²) in [6.07, 6.45) is 3.02. The number of Topliss-reactive ketones (excluding diaryl/α,β-unsaturated/α-hetero) is 1. The molecule has 0 aliphatic heterocycles. The van der Waals surface area contributed by atoms with Crippen LogP contribution in [0.3, 0.4) is 0 Å². The summed E-state index contributed by atoms with van der Waals surface area (Å²) in [5, 5.41) is 23.3. The van der Waals surface area contributed by atoms with Crippen molar-refractivity contribution in [1.82, 2.24) is 0 Å². The Labute approximate surface area is 251 Å². The molecule has 3 aromatic carbocycles. The van der Waals surface area contributed by atoms with Crippen molar-refractivity contribution < 1.29 is 38.8 Å². The van der Waals surface area contributed by atoms with E-state index in [4.69, 9.17) is 14.2 Å². The number of nitrogens with one attached hydrogen (secondary N) is 1. The molecule has 0 radical (unpaired) electrons. The number of anilines is 1. The summed E-state index contributed by atoms with van der Waals surface area (Å²) in [7, 11) is 0. The summed E-state index contributed by atoms with van der Waals surface area (Å²) in [6, 6.07) is 24.6. The maximum Gasteiger partial charge on any atom is 0.311 e. The molecule has 4 atom stereocenters.